The molecule has 1 aromatic heterocycles. The first-order valence-electron chi connectivity index (χ1n) is 6.58. The number of aromatic nitrogens is 1. The first-order valence-corrected chi connectivity index (χ1v) is 8.61. The van der Waals surface area contributed by atoms with Gasteiger partial charge in [-0.25, -0.2) is 13.9 Å². The summed E-state index contributed by atoms with van der Waals surface area (Å²) in [4.78, 5) is 4.37. The van der Waals surface area contributed by atoms with Gasteiger partial charge in [0.1, 0.15) is 5.01 Å². The van der Waals surface area contributed by atoms with Crippen LogP contribution in [0.2, 0.25) is 0 Å². The highest BCUT2D eigenvalue weighted by Gasteiger charge is 2.24. The highest BCUT2D eigenvalue weighted by molar-refractivity contribution is 7.84. The monoisotopic (exact) mass is 308 g/mol. The second kappa shape index (κ2) is 6.61. The molecule has 0 aliphatic carbocycles. The van der Waals surface area contributed by atoms with Crippen LogP contribution < -0.4 is 4.72 Å². The van der Waals surface area contributed by atoms with Crippen molar-refractivity contribution < 1.29 is 4.21 Å². The lowest BCUT2D eigenvalue weighted by molar-refractivity contribution is 0.595. The summed E-state index contributed by atoms with van der Waals surface area (Å²) in [5, 5.41) is 2.93. The van der Waals surface area contributed by atoms with Crippen molar-refractivity contribution in [1.29, 1.82) is 0 Å². The zero-order valence-corrected chi connectivity index (χ0v) is 13.6. The Hall–Kier alpha value is -1.04. The van der Waals surface area contributed by atoms with Gasteiger partial charge < -0.3 is 0 Å². The minimum absolute atomic E-state index is 0.0162. The van der Waals surface area contributed by atoms with Crippen molar-refractivity contribution in [3.63, 3.8) is 0 Å². The first-order chi connectivity index (χ1) is 9.47. The lowest BCUT2D eigenvalue weighted by Crippen LogP contribution is -2.36. The zero-order chi connectivity index (χ0) is 14.6. The van der Waals surface area contributed by atoms with Gasteiger partial charge in [-0.1, -0.05) is 30.3 Å². The minimum atomic E-state index is -1.11. The van der Waals surface area contributed by atoms with Crippen molar-refractivity contribution in [2.75, 3.05) is 0 Å². The van der Waals surface area contributed by atoms with Crippen LogP contribution in [0.5, 0.6) is 0 Å². The van der Waals surface area contributed by atoms with Gasteiger partial charge >= 0.3 is 0 Å². The number of nitrogens with one attached hydrogen (secondary N) is 1. The molecule has 0 bridgehead atoms. The van der Waals surface area contributed by atoms with Crippen LogP contribution in [0.3, 0.4) is 0 Å². The second-order valence-electron chi connectivity index (χ2n) is 5.61. The fraction of sp³-hybridized carbons (Fsp3) is 0.400. The van der Waals surface area contributed by atoms with Gasteiger partial charge in [0.15, 0.2) is 0 Å². The third-order valence-electron chi connectivity index (χ3n) is 2.84. The van der Waals surface area contributed by atoms with Crippen molar-refractivity contribution in [3.8, 4) is 0 Å². The van der Waals surface area contributed by atoms with Gasteiger partial charge in [0.2, 0.25) is 0 Å². The van der Waals surface area contributed by atoms with Gasteiger partial charge in [-0.2, -0.15) is 0 Å². The largest absolute Gasteiger partial charge is 0.248 e. The highest BCUT2D eigenvalue weighted by atomic mass is 32.2. The molecule has 0 fully saturated rings. The fourth-order valence-corrected chi connectivity index (χ4v) is 3.31. The summed E-state index contributed by atoms with van der Waals surface area (Å²) in [6.45, 7) is 5.91. The minimum Gasteiger partial charge on any atom is -0.248 e. The smallest absolute Gasteiger partial charge is 0.111 e. The Labute approximate surface area is 127 Å². The molecule has 2 atom stereocenters. The molecule has 5 heteroatoms. The third-order valence-corrected chi connectivity index (χ3v) is 5.34. The van der Waals surface area contributed by atoms with Crippen molar-refractivity contribution >= 4 is 22.3 Å². The van der Waals surface area contributed by atoms with Crippen molar-refractivity contribution in [2.24, 2.45) is 0 Å². The van der Waals surface area contributed by atoms with Gasteiger partial charge in [-0.15, -0.1) is 11.3 Å². The lowest BCUT2D eigenvalue weighted by Gasteiger charge is -2.23. The Bertz CT molecular complexity index is 547. The zero-order valence-electron chi connectivity index (χ0n) is 12.0. The summed E-state index contributed by atoms with van der Waals surface area (Å²) in [5.74, 6) is 0. The molecule has 2 aromatic rings. The van der Waals surface area contributed by atoms with Gasteiger partial charge in [0, 0.05) is 11.6 Å². The summed E-state index contributed by atoms with van der Waals surface area (Å²) in [7, 11) is -1.11. The maximum Gasteiger partial charge on any atom is 0.111 e. The van der Waals surface area contributed by atoms with E-state index < -0.39 is 11.0 Å². The third kappa shape index (κ3) is 4.23. The van der Waals surface area contributed by atoms with E-state index in [1.54, 1.807) is 17.5 Å². The molecule has 0 aliphatic rings. The standard InChI is InChI=1S/C15H20N2OS2/c1-15(2,3)20(18)17-13(14-16-9-10-19-14)11-12-7-5-4-6-8-12/h4-10,13,17H,11H2,1-3H3/t13-,20-/m0/s1. The number of hydrogen-bond acceptors (Lipinski definition) is 3. The van der Waals surface area contributed by atoms with Crippen molar-refractivity contribution in [2.45, 2.75) is 38.0 Å². The lowest BCUT2D eigenvalue weighted by atomic mass is 10.1. The van der Waals surface area contributed by atoms with Crippen LogP contribution in [0.25, 0.3) is 0 Å². The van der Waals surface area contributed by atoms with Gasteiger partial charge in [0.05, 0.1) is 21.8 Å². The van der Waals surface area contributed by atoms with Crippen LogP contribution in [0.1, 0.15) is 37.4 Å². The molecule has 3 nitrogen and oxygen atoms in total. The maximum absolute atomic E-state index is 12.3. The van der Waals surface area contributed by atoms with Gasteiger partial charge in [-0.05, 0) is 32.8 Å². The van der Waals surface area contributed by atoms with E-state index in [1.807, 2.05) is 44.4 Å². The summed E-state index contributed by atoms with van der Waals surface area (Å²) in [5.41, 5.74) is 1.21. The van der Waals surface area contributed by atoms with Crippen molar-refractivity contribution in [3.05, 3.63) is 52.5 Å². The van der Waals surface area contributed by atoms with E-state index in [0.29, 0.717) is 0 Å². The van der Waals surface area contributed by atoms with Crippen LogP contribution in [0.4, 0.5) is 0 Å². The number of rotatable bonds is 5. The molecule has 0 saturated heterocycles. The molecule has 0 amide bonds. The molecular formula is C15H20N2OS2. The first kappa shape index (κ1) is 15.4. The Kier molecular flexibility index (Phi) is 5.07. The molecular weight excluding hydrogens is 288 g/mol. The number of benzene rings is 1. The van der Waals surface area contributed by atoms with E-state index >= 15 is 0 Å². The predicted octanol–water partition coefficient (Wildman–Crippen LogP) is 3.48. The molecule has 0 unspecified atom stereocenters. The van der Waals surface area contributed by atoms with E-state index in [4.69, 9.17) is 0 Å². The molecule has 1 aromatic carbocycles. The molecule has 1 N–H and O–H groups in total. The quantitative estimate of drug-likeness (QED) is 0.919. The normalized spacial score (nSPS) is 14.9. The van der Waals surface area contributed by atoms with E-state index in [0.717, 1.165) is 11.4 Å². The van der Waals surface area contributed by atoms with Gasteiger partial charge in [0.25, 0.3) is 0 Å². The van der Waals surface area contributed by atoms with Crippen LogP contribution in [-0.2, 0) is 17.4 Å². The predicted molar refractivity (Wildman–Crippen MR) is 86.0 cm³/mol. The number of thiazole rings is 1. The summed E-state index contributed by atoms with van der Waals surface area (Å²) < 4.78 is 15.3. The summed E-state index contributed by atoms with van der Waals surface area (Å²) in [6, 6.07) is 10.2. The van der Waals surface area contributed by atoms with Crippen LogP contribution in [0, 0.1) is 0 Å². The molecule has 108 valence electrons. The molecule has 20 heavy (non-hydrogen) atoms. The van der Waals surface area contributed by atoms with E-state index in [2.05, 4.69) is 21.8 Å². The van der Waals surface area contributed by atoms with Crippen LogP contribution >= 0.6 is 11.3 Å². The Balaban J connectivity index is 2.16. The Morgan fingerprint density at radius 1 is 1.30 bits per heavy atom. The van der Waals surface area contributed by atoms with E-state index in [9.17, 15) is 4.21 Å². The molecule has 2 rings (SSSR count). The molecule has 0 radical (unpaired) electrons. The fourth-order valence-electron chi connectivity index (χ4n) is 1.74. The van der Waals surface area contributed by atoms with Crippen LogP contribution in [0.15, 0.2) is 41.9 Å². The SMILES string of the molecule is CC(C)(C)[S@](=O)N[C@@H](Cc1ccccc1)c1nccs1. The van der Waals surface area contributed by atoms with E-state index in [1.165, 1.54) is 5.56 Å². The summed E-state index contributed by atoms with van der Waals surface area (Å²) in [6.07, 6.45) is 2.58. The van der Waals surface area contributed by atoms with Gasteiger partial charge in [-0.3, -0.25) is 0 Å². The number of hydrogen-bond donors (Lipinski definition) is 1. The Morgan fingerprint density at radius 3 is 2.55 bits per heavy atom. The maximum atomic E-state index is 12.3. The molecule has 0 aliphatic heterocycles. The number of nitrogens with zero attached hydrogens (tertiary/aromatic N) is 1. The average molecular weight is 308 g/mol. The molecule has 1 heterocycles. The highest BCUT2D eigenvalue weighted by Crippen LogP contribution is 2.23. The van der Waals surface area contributed by atoms with Crippen molar-refractivity contribution in [1.82, 2.24) is 9.71 Å². The molecule has 0 saturated carbocycles. The topological polar surface area (TPSA) is 42.0 Å². The van der Waals surface area contributed by atoms with E-state index in [-0.39, 0.29) is 10.8 Å². The van der Waals surface area contributed by atoms with Crippen LogP contribution in [-0.4, -0.2) is 13.9 Å². The second-order valence-corrected chi connectivity index (χ2v) is 8.54. The Morgan fingerprint density at radius 2 is 2.00 bits per heavy atom. The average Bonchev–Trinajstić information content (AvgIpc) is 2.92. The molecule has 0 spiro atoms. The summed E-state index contributed by atoms with van der Waals surface area (Å²) >= 11 is 1.59.